The van der Waals surface area contributed by atoms with Gasteiger partial charge in [-0.25, -0.2) is 0 Å². The number of nitrogens with zero attached hydrogens (tertiary/aromatic N) is 1. The van der Waals surface area contributed by atoms with E-state index >= 15 is 0 Å². The Morgan fingerprint density at radius 3 is 2.36 bits per heavy atom. The second kappa shape index (κ2) is 14.7. The van der Waals surface area contributed by atoms with E-state index in [9.17, 15) is 14.4 Å². The number of anilines is 3. The van der Waals surface area contributed by atoms with Crippen molar-refractivity contribution in [2.45, 2.75) is 32.6 Å². The topological polar surface area (TPSA) is 131 Å². The first-order valence-corrected chi connectivity index (χ1v) is 14.4. The van der Waals surface area contributed by atoms with Crippen LogP contribution in [0.1, 0.15) is 52.0 Å². The SMILES string of the molecule is COc1cc(C(=O)N(C)c2ccc(C)cc2OCCCCCC(=O)O)ccc1NC(=O)c1ccccc1-c1ccc(N)cc1. The molecule has 0 atom stereocenters. The summed E-state index contributed by atoms with van der Waals surface area (Å²) in [6.07, 6.45) is 2.16. The molecule has 0 saturated carbocycles. The maximum Gasteiger partial charge on any atom is 0.303 e. The van der Waals surface area contributed by atoms with Gasteiger partial charge in [0.25, 0.3) is 11.8 Å². The third-order valence-electron chi connectivity index (χ3n) is 7.16. The van der Waals surface area contributed by atoms with Crippen molar-refractivity contribution in [2.75, 3.05) is 36.7 Å². The van der Waals surface area contributed by atoms with Gasteiger partial charge in [0.05, 0.1) is 25.1 Å². The Morgan fingerprint density at radius 2 is 1.64 bits per heavy atom. The largest absolute Gasteiger partial charge is 0.495 e. The highest BCUT2D eigenvalue weighted by Gasteiger charge is 2.21. The molecular weight excluding hydrogens is 558 g/mol. The number of nitrogens with two attached hydrogens (primary N) is 1. The molecular formula is C35H37N3O6. The third-order valence-corrected chi connectivity index (χ3v) is 7.16. The molecule has 44 heavy (non-hydrogen) atoms. The molecule has 0 radical (unpaired) electrons. The standard InChI is InChI=1S/C35H37N3O6/c1-23-12-19-30(32(21-23)44-20-8-4-5-11-33(39)40)38(2)35(42)25-15-18-29(31(22-25)43-3)37-34(41)28-10-7-6-9-27(28)24-13-16-26(36)17-14-24/h6-7,9-10,12-19,21-22H,4-5,8,11,20,36H2,1-3H3,(H,37,41)(H,39,40). The number of unbranched alkanes of at least 4 members (excludes halogenated alkanes) is 2. The monoisotopic (exact) mass is 595 g/mol. The minimum atomic E-state index is -0.807. The minimum Gasteiger partial charge on any atom is -0.495 e. The molecule has 9 nitrogen and oxygen atoms in total. The summed E-state index contributed by atoms with van der Waals surface area (Å²) in [5, 5.41) is 11.7. The Bertz CT molecular complexity index is 1630. The Hall–Kier alpha value is -5.31. The van der Waals surface area contributed by atoms with Crippen LogP contribution in [0.2, 0.25) is 0 Å². The lowest BCUT2D eigenvalue weighted by atomic mass is 9.99. The summed E-state index contributed by atoms with van der Waals surface area (Å²) in [7, 11) is 3.15. The number of hydrogen-bond donors (Lipinski definition) is 3. The van der Waals surface area contributed by atoms with Crippen LogP contribution >= 0.6 is 0 Å². The van der Waals surface area contributed by atoms with Gasteiger partial charge in [0, 0.05) is 30.3 Å². The fraction of sp³-hybridized carbons (Fsp3) is 0.229. The quantitative estimate of drug-likeness (QED) is 0.114. The zero-order chi connectivity index (χ0) is 31.6. The molecule has 0 unspecified atom stereocenters. The zero-order valence-electron chi connectivity index (χ0n) is 25.1. The molecule has 2 amide bonds. The first-order chi connectivity index (χ1) is 21.2. The van der Waals surface area contributed by atoms with Gasteiger partial charge in [-0.15, -0.1) is 0 Å². The molecule has 9 heteroatoms. The maximum absolute atomic E-state index is 13.6. The van der Waals surface area contributed by atoms with Gasteiger partial charge in [0.2, 0.25) is 0 Å². The number of aryl methyl sites for hydroxylation is 1. The molecule has 4 rings (SSSR count). The number of carboxylic acid groups (broad SMARTS) is 1. The van der Waals surface area contributed by atoms with Crippen molar-refractivity contribution in [3.05, 3.63) is 102 Å². The lowest BCUT2D eigenvalue weighted by Crippen LogP contribution is -2.27. The smallest absolute Gasteiger partial charge is 0.303 e. The van der Waals surface area contributed by atoms with Crippen LogP contribution in [-0.4, -0.2) is 43.7 Å². The molecule has 0 aliphatic heterocycles. The van der Waals surface area contributed by atoms with Crippen molar-refractivity contribution in [3.63, 3.8) is 0 Å². The number of carbonyl (C=O) groups is 3. The number of hydrogen-bond acceptors (Lipinski definition) is 6. The highest BCUT2D eigenvalue weighted by Crippen LogP contribution is 2.33. The Balaban J connectivity index is 1.49. The van der Waals surface area contributed by atoms with Crippen molar-refractivity contribution in [3.8, 4) is 22.6 Å². The van der Waals surface area contributed by atoms with Crippen LogP contribution in [0.5, 0.6) is 11.5 Å². The molecule has 0 aromatic heterocycles. The van der Waals surface area contributed by atoms with Crippen LogP contribution in [0.3, 0.4) is 0 Å². The molecule has 4 aromatic rings. The minimum absolute atomic E-state index is 0.135. The highest BCUT2D eigenvalue weighted by atomic mass is 16.5. The second-order valence-electron chi connectivity index (χ2n) is 10.4. The van der Waals surface area contributed by atoms with Crippen LogP contribution in [-0.2, 0) is 4.79 Å². The Labute approximate surface area is 257 Å². The normalized spacial score (nSPS) is 10.6. The van der Waals surface area contributed by atoms with Crippen LogP contribution in [0.4, 0.5) is 17.1 Å². The first kappa shape index (κ1) is 31.6. The van der Waals surface area contributed by atoms with Gasteiger partial charge in [-0.05, 0) is 91.4 Å². The zero-order valence-corrected chi connectivity index (χ0v) is 25.1. The summed E-state index contributed by atoms with van der Waals surface area (Å²) in [5.41, 5.74) is 10.9. The van der Waals surface area contributed by atoms with Gasteiger partial charge < -0.3 is 30.5 Å². The third kappa shape index (κ3) is 7.95. The van der Waals surface area contributed by atoms with E-state index in [-0.39, 0.29) is 18.2 Å². The van der Waals surface area contributed by atoms with E-state index in [0.29, 0.717) is 59.1 Å². The van der Waals surface area contributed by atoms with Gasteiger partial charge in [0.15, 0.2) is 0 Å². The molecule has 0 aliphatic carbocycles. The second-order valence-corrected chi connectivity index (χ2v) is 10.4. The fourth-order valence-electron chi connectivity index (χ4n) is 4.77. The van der Waals surface area contributed by atoms with Gasteiger partial charge in [-0.3, -0.25) is 14.4 Å². The van der Waals surface area contributed by atoms with E-state index in [1.807, 2.05) is 49.4 Å². The number of rotatable bonds is 13. The summed E-state index contributed by atoms with van der Waals surface area (Å²) in [5.74, 6) is -0.515. The van der Waals surface area contributed by atoms with E-state index in [2.05, 4.69) is 5.32 Å². The van der Waals surface area contributed by atoms with Crippen molar-refractivity contribution >= 4 is 34.8 Å². The summed E-state index contributed by atoms with van der Waals surface area (Å²) in [6.45, 7) is 2.35. The lowest BCUT2D eigenvalue weighted by molar-refractivity contribution is -0.137. The van der Waals surface area contributed by atoms with E-state index in [4.69, 9.17) is 20.3 Å². The van der Waals surface area contributed by atoms with Gasteiger partial charge >= 0.3 is 5.97 Å². The van der Waals surface area contributed by atoms with Crippen LogP contribution in [0.15, 0.2) is 84.9 Å². The molecule has 4 N–H and O–H groups in total. The van der Waals surface area contributed by atoms with Crippen molar-refractivity contribution < 1.29 is 29.0 Å². The molecule has 0 heterocycles. The van der Waals surface area contributed by atoms with E-state index in [1.165, 1.54) is 12.0 Å². The number of nitrogens with one attached hydrogen (secondary N) is 1. The summed E-state index contributed by atoms with van der Waals surface area (Å²) < 4.78 is 11.6. The van der Waals surface area contributed by atoms with Gasteiger partial charge in [0.1, 0.15) is 11.5 Å². The Kier molecular flexibility index (Phi) is 10.6. The average molecular weight is 596 g/mol. The number of aliphatic carboxylic acids is 1. The van der Waals surface area contributed by atoms with E-state index in [1.54, 1.807) is 49.5 Å². The number of amides is 2. The van der Waals surface area contributed by atoms with Gasteiger partial charge in [-0.2, -0.15) is 0 Å². The molecule has 4 aromatic carbocycles. The highest BCUT2D eigenvalue weighted by molar-refractivity contribution is 6.10. The summed E-state index contributed by atoms with van der Waals surface area (Å²) in [6, 6.07) is 25.1. The molecule has 0 aliphatic rings. The summed E-state index contributed by atoms with van der Waals surface area (Å²) >= 11 is 0. The molecule has 0 bridgehead atoms. The average Bonchev–Trinajstić information content (AvgIpc) is 3.02. The van der Waals surface area contributed by atoms with Crippen LogP contribution in [0, 0.1) is 6.92 Å². The van der Waals surface area contributed by atoms with Crippen molar-refractivity contribution in [1.82, 2.24) is 0 Å². The number of carboxylic acids is 1. The number of ether oxygens (including phenoxy) is 2. The van der Waals surface area contributed by atoms with Crippen molar-refractivity contribution in [1.29, 1.82) is 0 Å². The number of benzene rings is 4. The molecule has 0 fully saturated rings. The Morgan fingerprint density at radius 1 is 0.886 bits per heavy atom. The number of methoxy groups -OCH3 is 1. The summed E-state index contributed by atoms with van der Waals surface area (Å²) in [4.78, 5) is 39.2. The lowest BCUT2D eigenvalue weighted by Gasteiger charge is -2.22. The number of nitrogen functional groups attached to an aromatic ring is 1. The maximum atomic E-state index is 13.6. The van der Waals surface area contributed by atoms with E-state index in [0.717, 1.165) is 23.1 Å². The van der Waals surface area contributed by atoms with Crippen LogP contribution < -0.4 is 25.4 Å². The first-order valence-electron chi connectivity index (χ1n) is 14.4. The van der Waals surface area contributed by atoms with E-state index < -0.39 is 5.97 Å². The van der Waals surface area contributed by atoms with Crippen molar-refractivity contribution in [2.24, 2.45) is 0 Å². The fourth-order valence-corrected chi connectivity index (χ4v) is 4.77. The molecule has 0 saturated heterocycles. The predicted octanol–water partition coefficient (Wildman–Crippen LogP) is 6.81. The number of carbonyl (C=O) groups excluding carboxylic acids is 2. The predicted molar refractivity (Wildman–Crippen MR) is 173 cm³/mol. The molecule has 228 valence electrons. The van der Waals surface area contributed by atoms with Crippen LogP contribution in [0.25, 0.3) is 11.1 Å². The van der Waals surface area contributed by atoms with Gasteiger partial charge in [-0.1, -0.05) is 36.4 Å². The molecule has 0 spiro atoms.